The number of thiazole rings is 1. The molecular weight excluding hydrogens is 544 g/mol. The number of benzene rings is 3. The van der Waals surface area contributed by atoms with Crippen molar-refractivity contribution >= 4 is 44.1 Å². The van der Waals surface area contributed by atoms with Crippen LogP contribution < -0.4 is 23.8 Å². The van der Waals surface area contributed by atoms with Gasteiger partial charge in [0.25, 0.3) is 5.78 Å². The number of aliphatic hydroxyl groups is 1. The predicted molar refractivity (Wildman–Crippen MR) is 155 cm³/mol. The van der Waals surface area contributed by atoms with Gasteiger partial charge >= 0.3 is 5.91 Å². The Hall–Kier alpha value is -4.57. The van der Waals surface area contributed by atoms with Gasteiger partial charge in [0.1, 0.15) is 19.0 Å². The summed E-state index contributed by atoms with van der Waals surface area (Å²) in [5.41, 5.74) is 3.60. The van der Waals surface area contributed by atoms with Crippen molar-refractivity contribution in [1.82, 2.24) is 4.98 Å². The smallest absolute Gasteiger partial charge is 0.301 e. The first-order valence-electron chi connectivity index (χ1n) is 13.2. The third kappa shape index (κ3) is 4.54. The molecule has 1 fully saturated rings. The van der Waals surface area contributed by atoms with Crippen LogP contribution in [0.5, 0.6) is 23.0 Å². The van der Waals surface area contributed by atoms with E-state index in [9.17, 15) is 14.7 Å². The summed E-state index contributed by atoms with van der Waals surface area (Å²) < 4.78 is 23.5. The van der Waals surface area contributed by atoms with Crippen LogP contribution in [-0.4, -0.2) is 48.7 Å². The van der Waals surface area contributed by atoms with Gasteiger partial charge in [0.05, 0.1) is 35.5 Å². The Bertz CT molecular complexity index is 1740. The molecule has 1 amide bonds. The average molecular weight is 573 g/mol. The first-order chi connectivity index (χ1) is 19.8. The minimum Gasteiger partial charge on any atom is -0.507 e. The molecule has 3 heterocycles. The number of Topliss-reactive ketones (excluding diaryl/α,β-unsaturated/α-hetero) is 1. The van der Waals surface area contributed by atoms with E-state index in [0.717, 1.165) is 21.3 Å². The monoisotopic (exact) mass is 572 g/mol. The van der Waals surface area contributed by atoms with Crippen molar-refractivity contribution < 1.29 is 33.6 Å². The van der Waals surface area contributed by atoms with E-state index in [1.165, 1.54) is 23.3 Å². The summed E-state index contributed by atoms with van der Waals surface area (Å²) >= 11 is 1.32. The molecule has 10 heteroatoms. The fourth-order valence-corrected chi connectivity index (χ4v) is 6.45. The van der Waals surface area contributed by atoms with Gasteiger partial charge in [-0.2, -0.15) is 0 Å². The highest BCUT2D eigenvalue weighted by atomic mass is 32.1. The SMILES string of the molecule is CCOc1ccc([C@H]2/C(=C(\O)c3ccc4c(c3)OCCO4)C(=O)C(=O)N2c2nc3c(C)cc(C)cc3s2)cc1OC. The molecule has 0 radical (unpaired) electrons. The van der Waals surface area contributed by atoms with Gasteiger partial charge in [0.2, 0.25) is 0 Å². The number of carbonyl (C=O) groups excluding carboxylic acids is 2. The molecule has 4 aromatic rings. The Balaban J connectivity index is 1.56. The van der Waals surface area contributed by atoms with Crippen molar-refractivity contribution in [2.24, 2.45) is 0 Å². The number of amides is 1. The molecule has 3 aromatic carbocycles. The Morgan fingerprint density at radius 3 is 2.59 bits per heavy atom. The number of aromatic nitrogens is 1. The molecule has 41 heavy (non-hydrogen) atoms. The lowest BCUT2D eigenvalue weighted by Crippen LogP contribution is -2.29. The van der Waals surface area contributed by atoms with Crippen molar-refractivity contribution in [1.29, 1.82) is 0 Å². The summed E-state index contributed by atoms with van der Waals surface area (Å²) in [5, 5.41) is 12.0. The van der Waals surface area contributed by atoms with Crippen molar-refractivity contribution in [2.75, 3.05) is 31.8 Å². The van der Waals surface area contributed by atoms with Gasteiger partial charge in [0, 0.05) is 5.56 Å². The zero-order valence-corrected chi connectivity index (χ0v) is 23.8. The number of hydrogen-bond acceptors (Lipinski definition) is 9. The molecule has 0 spiro atoms. The molecule has 210 valence electrons. The van der Waals surface area contributed by atoms with Crippen LogP contribution >= 0.6 is 11.3 Å². The van der Waals surface area contributed by atoms with Crippen LogP contribution in [0, 0.1) is 13.8 Å². The average Bonchev–Trinajstić information content (AvgIpc) is 3.51. The maximum absolute atomic E-state index is 13.7. The number of aryl methyl sites for hydroxylation is 2. The highest BCUT2D eigenvalue weighted by Gasteiger charge is 2.48. The van der Waals surface area contributed by atoms with E-state index in [-0.39, 0.29) is 11.3 Å². The van der Waals surface area contributed by atoms with Crippen LogP contribution in [-0.2, 0) is 9.59 Å². The van der Waals surface area contributed by atoms with Gasteiger partial charge in [0.15, 0.2) is 28.1 Å². The van der Waals surface area contributed by atoms with Crippen molar-refractivity contribution in [3.05, 3.63) is 76.4 Å². The van der Waals surface area contributed by atoms with Crippen LogP contribution in [0.3, 0.4) is 0 Å². The second-order valence-electron chi connectivity index (χ2n) is 9.80. The van der Waals surface area contributed by atoms with E-state index < -0.39 is 17.7 Å². The first-order valence-corrected chi connectivity index (χ1v) is 14.0. The number of nitrogens with zero attached hydrogens (tertiary/aromatic N) is 2. The van der Waals surface area contributed by atoms with Crippen molar-refractivity contribution in [2.45, 2.75) is 26.8 Å². The fourth-order valence-electron chi connectivity index (χ4n) is 5.28. The largest absolute Gasteiger partial charge is 0.507 e. The number of methoxy groups -OCH3 is 1. The third-order valence-electron chi connectivity index (χ3n) is 7.09. The second-order valence-corrected chi connectivity index (χ2v) is 10.8. The maximum atomic E-state index is 13.7. The van der Waals surface area contributed by atoms with E-state index >= 15 is 0 Å². The maximum Gasteiger partial charge on any atom is 0.301 e. The normalized spacial score (nSPS) is 17.8. The Kier molecular flexibility index (Phi) is 6.78. The highest BCUT2D eigenvalue weighted by Crippen LogP contribution is 2.46. The number of anilines is 1. The number of aliphatic hydroxyl groups excluding tert-OH is 1. The minimum atomic E-state index is -0.977. The number of carbonyl (C=O) groups is 2. The van der Waals surface area contributed by atoms with Crippen LogP contribution in [0.15, 0.2) is 54.1 Å². The molecule has 6 rings (SSSR count). The molecule has 0 bridgehead atoms. The molecule has 0 aliphatic carbocycles. The van der Waals surface area contributed by atoms with Gasteiger partial charge in [-0.05, 0) is 73.9 Å². The Morgan fingerprint density at radius 1 is 1.05 bits per heavy atom. The lowest BCUT2D eigenvalue weighted by molar-refractivity contribution is -0.132. The molecular formula is C31H28N2O7S. The van der Waals surface area contributed by atoms with Crippen molar-refractivity contribution in [3.8, 4) is 23.0 Å². The zero-order valence-electron chi connectivity index (χ0n) is 23.0. The quantitative estimate of drug-likeness (QED) is 0.178. The summed E-state index contributed by atoms with van der Waals surface area (Å²) in [6, 6.07) is 13.2. The summed E-state index contributed by atoms with van der Waals surface area (Å²) in [7, 11) is 1.52. The van der Waals surface area contributed by atoms with E-state index in [1.807, 2.05) is 32.9 Å². The molecule has 2 aliphatic heterocycles. The Morgan fingerprint density at radius 2 is 1.83 bits per heavy atom. The molecule has 1 saturated heterocycles. The molecule has 1 N–H and O–H groups in total. The van der Waals surface area contributed by atoms with Gasteiger partial charge in [-0.3, -0.25) is 14.5 Å². The lowest BCUT2D eigenvalue weighted by atomic mass is 9.95. The zero-order chi connectivity index (χ0) is 28.8. The standard InChI is InChI=1S/C31H28N2O7S/c1-5-38-20-8-6-18(14-22(20)37-4)27-25(28(34)19-7-9-21-23(15-19)40-11-10-39-21)29(35)30(36)33(27)31-32-26-17(3)12-16(2)13-24(26)41-31/h6-9,12-15,27,34H,5,10-11H2,1-4H3/b28-25+/t27-/m0/s1. The van der Waals surface area contributed by atoms with Crippen molar-refractivity contribution in [3.63, 3.8) is 0 Å². The number of fused-ring (bicyclic) bond motifs is 2. The van der Waals surface area contributed by atoms with Crippen LogP contribution in [0.4, 0.5) is 5.13 Å². The minimum absolute atomic E-state index is 0.0648. The van der Waals surface area contributed by atoms with Gasteiger partial charge < -0.3 is 24.1 Å². The van der Waals surface area contributed by atoms with E-state index in [4.69, 9.17) is 23.9 Å². The van der Waals surface area contributed by atoms with Crippen LogP contribution in [0.2, 0.25) is 0 Å². The fraction of sp³-hybridized carbons (Fsp3) is 0.258. The molecule has 0 saturated carbocycles. The number of hydrogen-bond donors (Lipinski definition) is 1. The number of ketones is 1. The van der Waals surface area contributed by atoms with Crippen LogP contribution in [0.1, 0.15) is 35.2 Å². The number of ether oxygens (including phenoxy) is 4. The summed E-state index contributed by atoms with van der Waals surface area (Å²) in [4.78, 5) is 33.6. The molecule has 1 aromatic heterocycles. The van der Waals surface area contributed by atoms with Gasteiger partial charge in [-0.15, -0.1) is 0 Å². The van der Waals surface area contributed by atoms with E-state index in [1.54, 1.807) is 36.4 Å². The topological polar surface area (TPSA) is 107 Å². The lowest BCUT2D eigenvalue weighted by Gasteiger charge is -2.24. The second kappa shape index (κ2) is 10.4. The molecule has 1 atom stereocenters. The highest BCUT2D eigenvalue weighted by molar-refractivity contribution is 7.22. The molecule has 0 unspecified atom stereocenters. The summed E-state index contributed by atoms with van der Waals surface area (Å²) in [5.74, 6) is 0.0253. The van der Waals surface area contributed by atoms with Gasteiger partial charge in [-0.1, -0.05) is 23.5 Å². The molecule has 9 nitrogen and oxygen atoms in total. The van der Waals surface area contributed by atoms with E-state index in [0.29, 0.717) is 59.1 Å². The first kappa shape index (κ1) is 26.6. The number of rotatable bonds is 6. The van der Waals surface area contributed by atoms with E-state index in [2.05, 4.69) is 0 Å². The molecule has 2 aliphatic rings. The third-order valence-corrected chi connectivity index (χ3v) is 8.09. The predicted octanol–water partition coefficient (Wildman–Crippen LogP) is 5.72. The Labute approximate surface area is 240 Å². The van der Waals surface area contributed by atoms with Crippen LogP contribution in [0.25, 0.3) is 16.0 Å². The van der Waals surface area contributed by atoms with Gasteiger partial charge in [-0.25, -0.2) is 4.98 Å². The summed E-state index contributed by atoms with van der Waals surface area (Å²) in [6.45, 7) is 7.05. The summed E-state index contributed by atoms with van der Waals surface area (Å²) in [6.07, 6.45) is 0.